The molecular formula is CH4O8P3S2-3. The van der Waals surface area contributed by atoms with Gasteiger partial charge in [0.1, 0.15) is 5.77 Å². The molecule has 0 bridgehead atoms. The minimum absolute atomic E-state index is 0.660. The molecule has 0 aliphatic heterocycles. The summed E-state index contributed by atoms with van der Waals surface area (Å²) in [5, 5.41) is 0. The van der Waals surface area contributed by atoms with Crippen LogP contribution < -0.4 is 14.7 Å². The van der Waals surface area contributed by atoms with E-state index in [1.807, 2.05) is 0 Å². The Bertz CT molecular complexity index is 331. The van der Waals surface area contributed by atoms with Crippen molar-refractivity contribution in [1.82, 2.24) is 0 Å². The van der Waals surface area contributed by atoms with E-state index in [9.17, 15) is 28.4 Å². The van der Waals surface area contributed by atoms with Crippen molar-refractivity contribution in [3.63, 3.8) is 0 Å². The molecule has 0 spiro atoms. The topological polar surface area (TPSA) is 150 Å². The van der Waals surface area contributed by atoms with Crippen LogP contribution in [0.15, 0.2) is 0 Å². The number of rotatable bonds is 5. The summed E-state index contributed by atoms with van der Waals surface area (Å²) >= 11 is -1.49. The Labute approximate surface area is 86.6 Å². The summed E-state index contributed by atoms with van der Waals surface area (Å²) < 4.78 is 35.3. The Morgan fingerprint density at radius 1 is 1.14 bits per heavy atom. The van der Waals surface area contributed by atoms with Crippen molar-refractivity contribution >= 4 is 41.4 Å². The molecule has 0 aromatic carbocycles. The highest BCUT2D eigenvalue weighted by Crippen LogP contribution is 2.82. The fraction of sp³-hybridized carbons (Fsp3) is 1.00. The summed E-state index contributed by atoms with van der Waals surface area (Å²) in [4.78, 5) is 39.7. The first kappa shape index (κ1) is 15.2. The van der Waals surface area contributed by atoms with E-state index < -0.39 is 41.4 Å². The average Bonchev–Trinajstić information content (AvgIpc) is 1.78. The second-order valence-corrected chi connectivity index (χ2v) is 15.3. The normalized spacial score (nSPS) is 24.6. The van der Waals surface area contributed by atoms with Crippen molar-refractivity contribution in [3.8, 4) is 0 Å². The van der Waals surface area contributed by atoms with Crippen LogP contribution in [0.1, 0.15) is 0 Å². The highest BCUT2D eigenvalue weighted by Gasteiger charge is 2.23. The monoisotopic (exact) mass is 301 g/mol. The zero-order chi connectivity index (χ0) is 11.6. The van der Waals surface area contributed by atoms with Gasteiger partial charge in [-0.05, 0) is 22.0 Å². The van der Waals surface area contributed by atoms with E-state index in [0.29, 0.717) is 0 Å². The maximum atomic E-state index is 10.8. The van der Waals surface area contributed by atoms with Gasteiger partial charge >= 0.3 is 0 Å². The summed E-state index contributed by atoms with van der Waals surface area (Å²) in [7, 11) is 0.723. The SMILES string of the molecule is COP(=O)([O-])SP(=O)([O-])SP(=O)([O-])O. The molecule has 0 aliphatic rings. The van der Waals surface area contributed by atoms with Crippen LogP contribution in [0, 0.1) is 0 Å². The maximum Gasteiger partial charge on any atom is 0.198 e. The van der Waals surface area contributed by atoms with E-state index in [2.05, 4.69) is 4.52 Å². The first-order valence-electron chi connectivity index (χ1n) is 2.62. The predicted octanol–water partition coefficient (Wildman–Crippen LogP) is -0.503. The molecule has 1 N–H and O–H groups in total. The summed E-state index contributed by atoms with van der Waals surface area (Å²) in [6.45, 7) is -9.81. The van der Waals surface area contributed by atoms with Gasteiger partial charge in [-0.3, -0.25) is 9.13 Å². The predicted molar refractivity (Wildman–Crippen MR) is 47.2 cm³/mol. The molecule has 0 aliphatic carbocycles. The quantitative estimate of drug-likeness (QED) is 0.658. The second kappa shape index (κ2) is 5.01. The van der Waals surface area contributed by atoms with E-state index in [0.717, 1.165) is 7.11 Å². The molecule has 13 heteroatoms. The third-order valence-electron chi connectivity index (χ3n) is 0.627. The molecule has 0 radical (unpaired) electrons. The van der Waals surface area contributed by atoms with Gasteiger partial charge in [-0.25, -0.2) is 0 Å². The molecule has 86 valence electrons. The molecule has 3 atom stereocenters. The summed E-state index contributed by atoms with van der Waals surface area (Å²) in [6.07, 6.45) is 0. The molecule has 8 nitrogen and oxygen atoms in total. The van der Waals surface area contributed by atoms with Crippen molar-refractivity contribution in [2.45, 2.75) is 0 Å². The van der Waals surface area contributed by atoms with Gasteiger partial charge < -0.3 is 28.7 Å². The van der Waals surface area contributed by atoms with Crippen LogP contribution >= 0.6 is 41.4 Å². The van der Waals surface area contributed by atoms with Crippen LogP contribution in [0.5, 0.6) is 0 Å². The smallest absolute Gasteiger partial charge is 0.198 e. The van der Waals surface area contributed by atoms with Crippen LogP contribution in [0.2, 0.25) is 0 Å². The lowest BCUT2D eigenvalue weighted by Gasteiger charge is -2.30. The van der Waals surface area contributed by atoms with Crippen molar-refractivity contribution in [1.29, 1.82) is 0 Å². The summed E-state index contributed by atoms with van der Waals surface area (Å²) in [6, 6.07) is 0. The zero-order valence-corrected chi connectivity index (χ0v) is 10.8. The highest BCUT2D eigenvalue weighted by atomic mass is 33.4. The van der Waals surface area contributed by atoms with Gasteiger partial charge in [-0.1, -0.05) is 0 Å². The molecule has 0 heterocycles. The lowest BCUT2D eigenvalue weighted by molar-refractivity contribution is -0.187. The molecule has 0 fully saturated rings. The first-order valence-corrected chi connectivity index (χ1v) is 11.4. The summed E-state index contributed by atoms with van der Waals surface area (Å²) in [5.74, 6) is -4.90. The van der Waals surface area contributed by atoms with Gasteiger partial charge in [-0.2, -0.15) is 0 Å². The molecule has 0 aromatic heterocycles. The average molecular weight is 301 g/mol. The van der Waals surface area contributed by atoms with Crippen LogP contribution in [0.25, 0.3) is 0 Å². The third kappa shape index (κ3) is 7.48. The Balaban J connectivity index is 4.60. The molecule has 14 heavy (non-hydrogen) atoms. The van der Waals surface area contributed by atoms with E-state index in [1.165, 1.54) is 0 Å². The zero-order valence-electron chi connectivity index (χ0n) is 6.46. The Hall–Kier alpha value is 1.19. The standard InChI is InChI=1S/CH7O8P3S2/c1-9-11(5,6)14-12(7,8)13-10(2,3)4/h1H3,(H,5,6)(H,7,8)(H2,2,3,4)/p-3. The second-order valence-electron chi connectivity index (χ2n) is 1.71. The lowest BCUT2D eigenvalue weighted by Crippen LogP contribution is -2.02. The largest absolute Gasteiger partial charge is 0.783 e. The van der Waals surface area contributed by atoms with Crippen LogP contribution in [0.3, 0.4) is 0 Å². The number of hydrogen-bond acceptors (Lipinski definition) is 9. The van der Waals surface area contributed by atoms with E-state index in [-0.39, 0.29) is 0 Å². The fourth-order valence-electron chi connectivity index (χ4n) is 0.297. The molecule has 3 unspecified atom stereocenters. The van der Waals surface area contributed by atoms with Gasteiger partial charge in [0, 0.05) is 7.11 Å². The van der Waals surface area contributed by atoms with E-state index >= 15 is 0 Å². The molecule has 0 saturated heterocycles. The van der Waals surface area contributed by atoms with Crippen molar-refractivity contribution in [2.75, 3.05) is 7.11 Å². The van der Waals surface area contributed by atoms with E-state index in [1.54, 1.807) is 0 Å². The lowest BCUT2D eigenvalue weighted by atomic mass is 11.8. The van der Waals surface area contributed by atoms with Crippen LogP contribution in [-0.2, 0) is 18.2 Å². The fourth-order valence-corrected chi connectivity index (χ4v) is 15.7. The molecule has 0 amide bonds. The van der Waals surface area contributed by atoms with Gasteiger partial charge in [0.2, 0.25) is 0 Å². The van der Waals surface area contributed by atoms with Gasteiger partial charge in [0.05, 0.1) is 0 Å². The van der Waals surface area contributed by atoms with Crippen molar-refractivity contribution < 1.29 is 37.8 Å². The molecule has 0 rings (SSSR count). The molecular weight excluding hydrogens is 297 g/mol. The minimum atomic E-state index is -5.13. The van der Waals surface area contributed by atoms with Gasteiger partial charge in [0.25, 0.3) is 0 Å². The minimum Gasteiger partial charge on any atom is -0.783 e. The molecule has 0 aromatic rings. The maximum absolute atomic E-state index is 10.8. The highest BCUT2D eigenvalue weighted by molar-refractivity contribution is 9.11. The van der Waals surface area contributed by atoms with Crippen molar-refractivity contribution in [3.05, 3.63) is 0 Å². The number of hydrogen-bond donors (Lipinski definition) is 1. The van der Waals surface area contributed by atoms with Gasteiger partial charge in [0.15, 0.2) is 13.6 Å². The summed E-state index contributed by atoms with van der Waals surface area (Å²) in [5.41, 5.74) is 0. The molecule has 0 saturated carbocycles. The van der Waals surface area contributed by atoms with Crippen LogP contribution in [-0.4, -0.2) is 12.0 Å². The van der Waals surface area contributed by atoms with Crippen molar-refractivity contribution in [2.24, 2.45) is 0 Å². The van der Waals surface area contributed by atoms with E-state index in [4.69, 9.17) is 4.89 Å². The third-order valence-corrected chi connectivity index (χ3v) is 15.6. The Kier molecular flexibility index (Phi) is 5.44. The Morgan fingerprint density at radius 3 is 1.86 bits per heavy atom. The first-order chi connectivity index (χ1) is 5.97. The van der Waals surface area contributed by atoms with Crippen LogP contribution in [0.4, 0.5) is 0 Å². The van der Waals surface area contributed by atoms with Gasteiger partial charge in [-0.15, -0.1) is 0 Å². The Morgan fingerprint density at radius 2 is 1.57 bits per heavy atom.